The predicted molar refractivity (Wildman–Crippen MR) is 93.3 cm³/mol. The summed E-state index contributed by atoms with van der Waals surface area (Å²) in [6, 6.07) is 0. The number of hydrogen-bond acceptors (Lipinski definition) is 4. The third-order valence-electron chi connectivity index (χ3n) is 3.87. The van der Waals surface area contributed by atoms with E-state index >= 15 is 0 Å². The van der Waals surface area contributed by atoms with Crippen molar-refractivity contribution < 1.29 is 13.5 Å². The van der Waals surface area contributed by atoms with Gasteiger partial charge in [0.05, 0.1) is 24.1 Å². The smallest absolute Gasteiger partial charge is 0.227 e. The molecule has 6 heteroatoms. The lowest BCUT2D eigenvalue weighted by Crippen LogP contribution is -2.18. The standard InChI is InChI=1S/C17H32N2O3S/c1-4-5-6-7-8-9-10-11-12-23(21,22)17-18-15(2)13-19(17)14-16(3)20/h13,16,20H,4-12,14H2,1-3H3. The highest BCUT2D eigenvalue weighted by Gasteiger charge is 2.22. The molecule has 0 aliphatic heterocycles. The maximum Gasteiger partial charge on any atom is 0.227 e. The summed E-state index contributed by atoms with van der Waals surface area (Å²) >= 11 is 0. The topological polar surface area (TPSA) is 72.2 Å². The summed E-state index contributed by atoms with van der Waals surface area (Å²) < 4.78 is 26.5. The molecule has 1 aromatic rings. The maximum atomic E-state index is 12.5. The Labute approximate surface area is 141 Å². The predicted octanol–water partition coefficient (Wildman–Crippen LogP) is 3.49. The van der Waals surface area contributed by atoms with Crippen LogP contribution >= 0.6 is 0 Å². The SMILES string of the molecule is CCCCCCCCCCS(=O)(=O)c1nc(C)cn1CC(C)O. The van der Waals surface area contributed by atoms with Gasteiger partial charge in [0.25, 0.3) is 0 Å². The van der Waals surface area contributed by atoms with Gasteiger partial charge in [0.2, 0.25) is 15.0 Å². The second kappa shape index (κ2) is 10.1. The molecule has 1 atom stereocenters. The number of aliphatic hydroxyl groups is 1. The van der Waals surface area contributed by atoms with Crippen LogP contribution in [0.3, 0.4) is 0 Å². The Morgan fingerprint density at radius 2 is 1.70 bits per heavy atom. The van der Waals surface area contributed by atoms with Gasteiger partial charge in [-0.15, -0.1) is 0 Å². The molecule has 0 amide bonds. The first-order chi connectivity index (χ1) is 10.9. The molecule has 0 fully saturated rings. The first-order valence-corrected chi connectivity index (χ1v) is 10.5. The molecule has 1 unspecified atom stereocenters. The lowest BCUT2D eigenvalue weighted by atomic mass is 10.1. The minimum absolute atomic E-state index is 0.0962. The van der Waals surface area contributed by atoms with Crippen LogP contribution in [0.25, 0.3) is 0 Å². The number of nitrogens with zero attached hydrogens (tertiary/aromatic N) is 2. The fourth-order valence-electron chi connectivity index (χ4n) is 2.71. The summed E-state index contributed by atoms with van der Waals surface area (Å²) in [5, 5.41) is 9.59. The molecule has 1 N–H and O–H groups in total. The zero-order valence-electron chi connectivity index (χ0n) is 14.8. The van der Waals surface area contributed by atoms with Crippen molar-refractivity contribution in [1.82, 2.24) is 9.55 Å². The van der Waals surface area contributed by atoms with Gasteiger partial charge in [0.15, 0.2) is 0 Å². The molecule has 0 radical (unpaired) electrons. The first kappa shape index (κ1) is 20.2. The lowest BCUT2D eigenvalue weighted by Gasteiger charge is -2.10. The van der Waals surface area contributed by atoms with Gasteiger partial charge in [-0.05, 0) is 20.3 Å². The number of aliphatic hydroxyl groups excluding tert-OH is 1. The lowest BCUT2D eigenvalue weighted by molar-refractivity contribution is 0.170. The van der Waals surface area contributed by atoms with Crippen LogP contribution in [-0.4, -0.2) is 34.9 Å². The molecule has 0 bridgehead atoms. The molecule has 0 aliphatic rings. The van der Waals surface area contributed by atoms with Gasteiger partial charge < -0.3 is 9.67 Å². The number of sulfone groups is 1. The van der Waals surface area contributed by atoms with Crippen molar-refractivity contribution in [2.75, 3.05) is 5.75 Å². The van der Waals surface area contributed by atoms with E-state index in [2.05, 4.69) is 11.9 Å². The number of unbranched alkanes of at least 4 members (excludes halogenated alkanes) is 7. The van der Waals surface area contributed by atoms with Crippen LogP contribution in [-0.2, 0) is 16.4 Å². The molecule has 1 rings (SSSR count). The molecular formula is C17H32N2O3S. The second-order valence-corrected chi connectivity index (χ2v) is 8.46. The Hall–Kier alpha value is -0.880. The van der Waals surface area contributed by atoms with Crippen LogP contribution in [0.5, 0.6) is 0 Å². The van der Waals surface area contributed by atoms with Gasteiger partial charge in [0.1, 0.15) is 0 Å². The number of aromatic nitrogens is 2. The van der Waals surface area contributed by atoms with Gasteiger partial charge in [-0.1, -0.05) is 51.9 Å². The van der Waals surface area contributed by atoms with Crippen LogP contribution < -0.4 is 0 Å². The summed E-state index contributed by atoms with van der Waals surface area (Å²) in [4.78, 5) is 4.15. The Morgan fingerprint density at radius 3 is 2.26 bits per heavy atom. The molecule has 1 heterocycles. The zero-order valence-corrected chi connectivity index (χ0v) is 15.6. The Kier molecular flexibility index (Phi) is 8.84. The third kappa shape index (κ3) is 7.48. The van der Waals surface area contributed by atoms with Crippen molar-refractivity contribution in [2.24, 2.45) is 0 Å². The Morgan fingerprint density at radius 1 is 1.13 bits per heavy atom. The number of hydrogen-bond donors (Lipinski definition) is 1. The molecular weight excluding hydrogens is 312 g/mol. The largest absolute Gasteiger partial charge is 0.392 e. The fraction of sp³-hybridized carbons (Fsp3) is 0.824. The molecule has 0 aromatic carbocycles. The molecule has 23 heavy (non-hydrogen) atoms. The number of imidazole rings is 1. The number of rotatable bonds is 12. The van der Waals surface area contributed by atoms with Gasteiger partial charge in [-0.25, -0.2) is 13.4 Å². The van der Waals surface area contributed by atoms with Gasteiger partial charge in [-0.2, -0.15) is 0 Å². The molecule has 5 nitrogen and oxygen atoms in total. The van der Waals surface area contributed by atoms with Crippen molar-refractivity contribution in [3.05, 3.63) is 11.9 Å². The monoisotopic (exact) mass is 344 g/mol. The van der Waals surface area contributed by atoms with E-state index in [9.17, 15) is 13.5 Å². The summed E-state index contributed by atoms with van der Waals surface area (Å²) in [5.74, 6) is 0.137. The second-order valence-electron chi connectivity index (χ2n) is 6.46. The van der Waals surface area contributed by atoms with E-state index in [-0.39, 0.29) is 17.5 Å². The molecule has 0 saturated heterocycles. The summed E-state index contributed by atoms with van der Waals surface area (Å²) in [5.41, 5.74) is 0.667. The zero-order chi connectivity index (χ0) is 17.3. The average molecular weight is 345 g/mol. The normalized spacial score (nSPS) is 13.4. The van der Waals surface area contributed by atoms with Crippen molar-refractivity contribution in [3.8, 4) is 0 Å². The van der Waals surface area contributed by atoms with Crippen LogP contribution in [0.2, 0.25) is 0 Å². The van der Waals surface area contributed by atoms with E-state index < -0.39 is 15.9 Å². The molecule has 0 aliphatic carbocycles. The highest BCUT2D eigenvalue weighted by atomic mass is 32.2. The van der Waals surface area contributed by atoms with Gasteiger partial charge >= 0.3 is 0 Å². The van der Waals surface area contributed by atoms with E-state index in [1.807, 2.05) is 0 Å². The minimum atomic E-state index is -3.38. The van der Waals surface area contributed by atoms with Crippen molar-refractivity contribution in [3.63, 3.8) is 0 Å². The summed E-state index contributed by atoms with van der Waals surface area (Å²) in [6.07, 6.45) is 10.1. The minimum Gasteiger partial charge on any atom is -0.392 e. The van der Waals surface area contributed by atoms with Crippen LogP contribution in [0.4, 0.5) is 0 Å². The van der Waals surface area contributed by atoms with Gasteiger partial charge in [0, 0.05) is 6.20 Å². The van der Waals surface area contributed by atoms with Crippen LogP contribution in [0.15, 0.2) is 11.4 Å². The third-order valence-corrected chi connectivity index (χ3v) is 5.57. The van der Waals surface area contributed by atoms with Gasteiger partial charge in [-0.3, -0.25) is 0 Å². The van der Waals surface area contributed by atoms with E-state index in [0.717, 1.165) is 12.8 Å². The first-order valence-electron chi connectivity index (χ1n) is 8.81. The van der Waals surface area contributed by atoms with E-state index in [0.29, 0.717) is 12.1 Å². The van der Waals surface area contributed by atoms with E-state index in [4.69, 9.17) is 0 Å². The average Bonchev–Trinajstić information content (AvgIpc) is 2.82. The van der Waals surface area contributed by atoms with E-state index in [1.54, 1.807) is 24.6 Å². The highest BCUT2D eigenvalue weighted by Crippen LogP contribution is 2.15. The summed E-state index contributed by atoms with van der Waals surface area (Å²) in [6.45, 7) is 5.87. The van der Waals surface area contributed by atoms with Crippen molar-refractivity contribution in [2.45, 2.75) is 89.9 Å². The summed E-state index contributed by atoms with van der Waals surface area (Å²) in [7, 11) is -3.38. The molecule has 0 spiro atoms. The quantitative estimate of drug-likeness (QED) is 0.589. The number of aryl methyl sites for hydroxylation is 1. The van der Waals surface area contributed by atoms with Crippen molar-refractivity contribution >= 4 is 9.84 Å². The van der Waals surface area contributed by atoms with Crippen LogP contribution in [0, 0.1) is 6.92 Å². The Bertz CT molecular complexity index is 550. The van der Waals surface area contributed by atoms with Crippen molar-refractivity contribution in [1.29, 1.82) is 0 Å². The molecule has 0 saturated carbocycles. The van der Waals surface area contributed by atoms with E-state index in [1.165, 1.54) is 32.1 Å². The Balaban J connectivity index is 2.44. The maximum absolute atomic E-state index is 12.5. The fourth-order valence-corrected chi connectivity index (χ4v) is 4.24. The molecule has 1 aromatic heterocycles. The molecule has 134 valence electrons. The highest BCUT2D eigenvalue weighted by molar-refractivity contribution is 7.91. The van der Waals surface area contributed by atoms with Crippen LogP contribution in [0.1, 0.15) is 70.9 Å².